The highest BCUT2D eigenvalue weighted by molar-refractivity contribution is 6.08. The minimum absolute atomic E-state index is 0.195. The van der Waals surface area contributed by atoms with E-state index in [1.807, 2.05) is 31.7 Å². The Morgan fingerprint density at radius 2 is 1.87 bits per heavy atom. The SMILES string of the molecule is CC(C)n1cnc2cc(-c3ccc4c(c3)N([C@H]3C[C@@H](N5CCCC(C)(C)C5)C3)C(=O)C4(C)C)nc(NC3=CN(C)C(O)C=C3)c21. The third-order valence-electron chi connectivity index (χ3n) is 10.5. The van der Waals surface area contributed by atoms with E-state index in [0.717, 1.165) is 58.6 Å². The zero-order valence-corrected chi connectivity index (χ0v) is 27.7. The molecule has 0 radical (unpaired) electrons. The lowest BCUT2D eigenvalue weighted by atomic mass is 9.78. The Morgan fingerprint density at radius 3 is 2.58 bits per heavy atom. The summed E-state index contributed by atoms with van der Waals surface area (Å²) in [6, 6.07) is 9.41. The number of amides is 1. The number of aliphatic hydroxyl groups excluding tert-OH is 1. The van der Waals surface area contributed by atoms with Crippen LogP contribution in [-0.4, -0.2) is 73.8 Å². The molecule has 1 saturated heterocycles. The molecule has 2 N–H and O–H groups in total. The molecule has 0 bridgehead atoms. The Bertz CT molecular complexity index is 1710. The normalized spacial score (nSPS) is 25.9. The highest BCUT2D eigenvalue weighted by Crippen LogP contribution is 2.48. The number of benzene rings is 1. The molecule has 1 saturated carbocycles. The van der Waals surface area contributed by atoms with Gasteiger partial charge in [-0.25, -0.2) is 9.97 Å². The van der Waals surface area contributed by atoms with Crippen LogP contribution < -0.4 is 10.2 Å². The van der Waals surface area contributed by atoms with Crippen LogP contribution in [0.2, 0.25) is 0 Å². The summed E-state index contributed by atoms with van der Waals surface area (Å²) in [5, 5.41) is 13.6. The first kappa shape index (κ1) is 30.0. The lowest BCUT2D eigenvalue weighted by Crippen LogP contribution is -2.58. The van der Waals surface area contributed by atoms with E-state index in [-0.39, 0.29) is 18.0 Å². The third kappa shape index (κ3) is 5.14. The zero-order chi connectivity index (χ0) is 31.8. The van der Waals surface area contributed by atoms with Gasteiger partial charge in [-0.05, 0) is 95.2 Å². The number of aliphatic hydroxyl groups is 1. The number of imidazole rings is 1. The molecule has 0 spiro atoms. The van der Waals surface area contributed by atoms with E-state index in [4.69, 9.17) is 9.97 Å². The number of hydrogen-bond donors (Lipinski definition) is 2. The van der Waals surface area contributed by atoms with Crippen LogP contribution in [0.1, 0.15) is 78.8 Å². The van der Waals surface area contributed by atoms with Gasteiger partial charge >= 0.3 is 0 Å². The van der Waals surface area contributed by atoms with Crippen molar-refractivity contribution in [2.24, 2.45) is 5.41 Å². The number of carbonyl (C=O) groups is 1. The van der Waals surface area contributed by atoms with Crippen molar-refractivity contribution in [3.63, 3.8) is 0 Å². The zero-order valence-electron chi connectivity index (χ0n) is 27.7. The van der Waals surface area contributed by atoms with Crippen molar-refractivity contribution >= 4 is 28.4 Å². The summed E-state index contributed by atoms with van der Waals surface area (Å²) in [6.45, 7) is 15.5. The van der Waals surface area contributed by atoms with Gasteiger partial charge in [0.2, 0.25) is 5.91 Å². The van der Waals surface area contributed by atoms with Crippen molar-refractivity contribution in [2.45, 2.75) is 97.0 Å². The van der Waals surface area contributed by atoms with Crippen molar-refractivity contribution in [2.75, 3.05) is 30.4 Å². The van der Waals surface area contributed by atoms with Crippen LogP contribution in [-0.2, 0) is 10.2 Å². The van der Waals surface area contributed by atoms with E-state index in [1.54, 1.807) is 11.0 Å². The van der Waals surface area contributed by atoms with Crippen molar-refractivity contribution in [3.8, 4) is 11.3 Å². The van der Waals surface area contributed by atoms with E-state index < -0.39 is 11.6 Å². The summed E-state index contributed by atoms with van der Waals surface area (Å²) in [4.78, 5) is 30.4. The molecular weight excluding hydrogens is 562 g/mol. The first-order valence-corrected chi connectivity index (χ1v) is 16.5. The maximum Gasteiger partial charge on any atom is 0.237 e. The van der Waals surface area contributed by atoms with Crippen molar-refractivity contribution in [3.05, 3.63) is 60.2 Å². The Balaban J connectivity index is 1.23. The Labute approximate surface area is 266 Å². The fraction of sp³-hybridized carbons (Fsp3) is 0.528. The number of nitrogens with zero attached hydrogens (tertiary/aromatic N) is 6. The summed E-state index contributed by atoms with van der Waals surface area (Å²) in [5.74, 6) is 0.898. The number of allylic oxidation sites excluding steroid dienone is 1. The summed E-state index contributed by atoms with van der Waals surface area (Å²) >= 11 is 0. The molecule has 4 aliphatic rings. The van der Waals surface area contributed by atoms with Gasteiger partial charge in [-0.15, -0.1) is 0 Å². The Hall–Kier alpha value is -3.69. The molecule has 3 aliphatic heterocycles. The fourth-order valence-electron chi connectivity index (χ4n) is 7.72. The maximum absolute atomic E-state index is 14.0. The smallest absolute Gasteiger partial charge is 0.237 e. The van der Waals surface area contributed by atoms with Gasteiger partial charge in [0.15, 0.2) is 5.82 Å². The molecule has 1 aromatic carbocycles. The second-order valence-electron chi connectivity index (χ2n) is 15.2. The number of rotatable bonds is 6. The Morgan fingerprint density at radius 1 is 1.09 bits per heavy atom. The van der Waals surface area contributed by atoms with Gasteiger partial charge in [0.05, 0.1) is 28.6 Å². The maximum atomic E-state index is 14.0. The largest absolute Gasteiger partial charge is 0.370 e. The number of fused-ring (bicyclic) bond motifs is 2. The number of likely N-dealkylation sites (N-methyl/N-ethyl adjacent to an activating group) is 1. The second kappa shape index (κ2) is 10.7. The molecule has 9 nitrogen and oxygen atoms in total. The molecule has 2 fully saturated rings. The Kier molecular flexibility index (Phi) is 7.13. The monoisotopic (exact) mass is 609 g/mol. The van der Waals surface area contributed by atoms with Gasteiger partial charge in [-0.2, -0.15) is 0 Å². The van der Waals surface area contributed by atoms with Crippen LogP contribution in [0.15, 0.2) is 54.6 Å². The highest BCUT2D eigenvalue weighted by Gasteiger charge is 2.50. The van der Waals surface area contributed by atoms with Crippen molar-refractivity contribution in [1.82, 2.24) is 24.3 Å². The molecule has 45 heavy (non-hydrogen) atoms. The van der Waals surface area contributed by atoms with Gasteiger partial charge in [-0.3, -0.25) is 9.69 Å². The third-order valence-corrected chi connectivity index (χ3v) is 10.5. The first-order chi connectivity index (χ1) is 21.3. The topological polar surface area (TPSA) is 89.8 Å². The molecule has 1 unspecified atom stereocenters. The molecule has 1 atom stereocenters. The van der Waals surface area contributed by atoms with Crippen LogP contribution in [0, 0.1) is 5.41 Å². The number of carbonyl (C=O) groups excluding carboxylic acids is 1. The summed E-state index contributed by atoms with van der Waals surface area (Å²) < 4.78 is 2.13. The first-order valence-electron chi connectivity index (χ1n) is 16.5. The van der Waals surface area contributed by atoms with E-state index >= 15 is 0 Å². The lowest BCUT2D eigenvalue weighted by molar-refractivity contribution is -0.123. The predicted molar refractivity (Wildman–Crippen MR) is 180 cm³/mol. The van der Waals surface area contributed by atoms with Crippen LogP contribution >= 0.6 is 0 Å². The van der Waals surface area contributed by atoms with E-state index in [9.17, 15) is 9.90 Å². The number of hydrogen-bond acceptors (Lipinski definition) is 7. The van der Waals surface area contributed by atoms with Crippen LogP contribution in [0.3, 0.4) is 0 Å². The minimum Gasteiger partial charge on any atom is -0.370 e. The quantitative estimate of drug-likeness (QED) is 0.353. The van der Waals surface area contributed by atoms with Crippen LogP contribution in [0.5, 0.6) is 0 Å². The van der Waals surface area contributed by atoms with E-state index in [1.165, 1.54) is 19.4 Å². The van der Waals surface area contributed by atoms with Gasteiger partial charge < -0.3 is 24.8 Å². The number of anilines is 2. The molecule has 7 rings (SSSR count). The molecule has 3 aromatic rings. The number of likely N-dealkylation sites (tertiary alicyclic amines) is 1. The van der Waals surface area contributed by atoms with Crippen molar-refractivity contribution < 1.29 is 9.90 Å². The molecule has 2 aromatic heterocycles. The summed E-state index contributed by atoms with van der Waals surface area (Å²) in [5.41, 5.74) is 6.27. The standard InChI is InChI=1S/C36H47N7O2/c1-22(2)42-21-37-29-18-28(39-33(32(29)42)38-24-10-12-31(44)40(7)19-24)23-9-11-27-30(15-23)43(34(45)36(27,5)6)26-16-25(17-26)41-14-8-13-35(3,4)20-41/h9-12,15,18-19,21-22,25-26,31,44H,8,13-14,16-17,20H2,1-7H3,(H,38,39)/t25-,26+,31?. The van der Waals surface area contributed by atoms with Gasteiger partial charge in [0.25, 0.3) is 0 Å². The molecule has 5 heterocycles. The van der Waals surface area contributed by atoms with E-state index in [2.05, 4.69) is 79.4 Å². The average Bonchev–Trinajstić information content (AvgIpc) is 3.47. The molecular formula is C36H47N7O2. The molecule has 1 aliphatic carbocycles. The van der Waals surface area contributed by atoms with Crippen molar-refractivity contribution in [1.29, 1.82) is 0 Å². The number of nitrogens with one attached hydrogen (secondary N) is 1. The molecule has 1 amide bonds. The fourth-order valence-corrected chi connectivity index (χ4v) is 7.72. The predicted octanol–water partition coefficient (Wildman–Crippen LogP) is 6.03. The van der Waals surface area contributed by atoms with Gasteiger partial charge in [0.1, 0.15) is 11.7 Å². The second-order valence-corrected chi connectivity index (χ2v) is 15.2. The van der Waals surface area contributed by atoms with E-state index in [0.29, 0.717) is 17.3 Å². The summed E-state index contributed by atoms with van der Waals surface area (Å²) in [6.07, 6.45) is 11.3. The molecule has 9 heteroatoms. The highest BCUT2D eigenvalue weighted by atomic mass is 16.3. The molecule has 238 valence electrons. The van der Waals surface area contributed by atoms with Gasteiger partial charge in [0, 0.05) is 49.2 Å². The number of aromatic nitrogens is 3. The minimum atomic E-state index is -0.657. The lowest BCUT2D eigenvalue weighted by Gasteiger charge is -2.50. The van der Waals surface area contributed by atoms with Crippen LogP contribution in [0.25, 0.3) is 22.3 Å². The van der Waals surface area contributed by atoms with Gasteiger partial charge in [-0.1, -0.05) is 26.0 Å². The van der Waals surface area contributed by atoms with Crippen LogP contribution in [0.4, 0.5) is 11.5 Å². The summed E-state index contributed by atoms with van der Waals surface area (Å²) in [7, 11) is 1.84. The number of piperidine rings is 1. The average molecular weight is 610 g/mol. The number of pyridine rings is 1.